The van der Waals surface area contributed by atoms with Gasteiger partial charge in [0.05, 0.1) is 16.5 Å². The average molecular weight is 439 g/mol. The molecule has 0 fully saturated rings. The molecule has 5 nitrogen and oxygen atoms in total. The highest BCUT2D eigenvalue weighted by atomic mass is 32.2. The molecule has 1 aliphatic carbocycles. The summed E-state index contributed by atoms with van der Waals surface area (Å²) in [7, 11) is 0. The Kier molecular flexibility index (Phi) is 6.11. The van der Waals surface area contributed by atoms with E-state index in [-0.39, 0.29) is 11.7 Å². The van der Waals surface area contributed by atoms with Gasteiger partial charge in [0.1, 0.15) is 16.9 Å². The van der Waals surface area contributed by atoms with Crippen LogP contribution in [0.3, 0.4) is 0 Å². The number of carbonyl (C=O) groups excluding carboxylic acids is 1. The van der Waals surface area contributed by atoms with Gasteiger partial charge in [-0.3, -0.25) is 4.79 Å². The van der Waals surface area contributed by atoms with Gasteiger partial charge in [-0.25, -0.2) is 14.4 Å². The number of nitrogens with one attached hydrogen (secondary N) is 1. The molecule has 0 radical (unpaired) electrons. The average Bonchev–Trinajstić information content (AvgIpc) is 3.22. The van der Waals surface area contributed by atoms with Gasteiger partial charge in [0.15, 0.2) is 5.13 Å². The van der Waals surface area contributed by atoms with Crippen LogP contribution in [-0.4, -0.2) is 21.1 Å². The van der Waals surface area contributed by atoms with Crippen LogP contribution in [0.1, 0.15) is 36.6 Å². The van der Waals surface area contributed by atoms with E-state index in [4.69, 9.17) is 0 Å². The highest BCUT2D eigenvalue weighted by molar-refractivity contribution is 8.00. The number of nitriles is 1. The van der Waals surface area contributed by atoms with Crippen LogP contribution in [-0.2, 0) is 17.6 Å². The topological polar surface area (TPSA) is 78.7 Å². The maximum absolute atomic E-state index is 13.1. The van der Waals surface area contributed by atoms with E-state index in [1.54, 1.807) is 19.1 Å². The molecule has 2 aromatic heterocycles. The van der Waals surface area contributed by atoms with Crippen LogP contribution in [0.15, 0.2) is 40.7 Å². The molecule has 152 valence electrons. The number of hydrogen-bond acceptors (Lipinski definition) is 6. The van der Waals surface area contributed by atoms with E-state index in [0.717, 1.165) is 42.5 Å². The van der Waals surface area contributed by atoms with Crippen molar-refractivity contribution in [1.29, 1.82) is 5.26 Å². The van der Waals surface area contributed by atoms with E-state index in [1.807, 2.05) is 11.4 Å². The molecular formula is C22H19FN4OS2. The summed E-state index contributed by atoms with van der Waals surface area (Å²) in [4.78, 5) is 21.8. The van der Waals surface area contributed by atoms with E-state index in [1.165, 1.54) is 35.2 Å². The van der Waals surface area contributed by atoms with Gasteiger partial charge in [-0.05, 0) is 68.5 Å². The van der Waals surface area contributed by atoms with Crippen LogP contribution in [0.25, 0.3) is 11.3 Å². The number of fused-ring (bicyclic) bond motifs is 1. The first-order valence-corrected chi connectivity index (χ1v) is 11.4. The van der Waals surface area contributed by atoms with E-state index < -0.39 is 5.25 Å². The molecule has 1 atom stereocenters. The second kappa shape index (κ2) is 8.94. The van der Waals surface area contributed by atoms with Crippen molar-refractivity contribution in [3.05, 3.63) is 58.3 Å². The molecule has 0 saturated heterocycles. The normalized spacial score (nSPS) is 13.9. The quantitative estimate of drug-likeness (QED) is 0.553. The predicted molar refractivity (Wildman–Crippen MR) is 117 cm³/mol. The van der Waals surface area contributed by atoms with Crippen LogP contribution < -0.4 is 5.32 Å². The molecule has 8 heteroatoms. The number of thioether (sulfide) groups is 1. The summed E-state index contributed by atoms with van der Waals surface area (Å²) >= 11 is 2.60. The number of benzene rings is 1. The molecule has 1 aromatic carbocycles. The number of thiazole rings is 1. The van der Waals surface area contributed by atoms with Gasteiger partial charge in [-0.2, -0.15) is 5.26 Å². The number of anilines is 1. The minimum atomic E-state index is -0.440. The van der Waals surface area contributed by atoms with Gasteiger partial charge < -0.3 is 5.32 Å². The molecule has 1 amide bonds. The van der Waals surface area contributed by atoms with E-state index in [9.17, 15) is 14.4 Å². The number of amides is 1. The van der Waals surface area contributed by atoms with Gasteiger partial charge in [0, 0.05) is 16.6 Å². The molecule has 2 heterocycles. The Morgan fingerprint density at radius 3 is 2.80 bits per heavy atom. The third-order valence-corrected chi connectivity index (χ3v) is 6.78. The first-order valence-electron chi connectivity index (χ1n) is 9.65. The van der Waals surface area contributed by atoms with E-state index in [0.29, 0.717) is 21.4 Å². The second-order valence-corrected chi connectivity index (χ2v) is 9.25. The summed E-state index contributed by atoms with van der Waals surface area (Å²) in [5.74, 6) is -0.510. The highest BCUT2D eigenvalue weighted by Gasteiger charge is 2.21. The lowest BCUT2D eigenvalue weighted by Gasteiger charge is -2.17. The summed E-state index contributed by atoms with van der Waals surface area (Å²) in [6.45, 7) is 1.79. The molecule has 1 aliphatic rings. The number of aryl methyl sites for hydroxylation is 2. The number of halogens is 1. The molecule has 1 N–H and O–H groups in total. The number of nitrogens with zero attached hydrogens (tertiary/aromatic N) is 3. The van der Waals surface area contributed by atoms with E-state index >= 15 is 0 Å². The summed E-state index contributed by atoms with van der Waals surface area (Å²) < 4.78 is 13.1. The number of carbonyl (C=O) groups is 1. The lowest BCUT2D eigenvalue weighted by molar-refractivity contribution is -0.115. The minimum absolute atomic E-state index is 0.205. The number of rotatable bonds is 5. The fourth-order valence-electron chi connectivity index (χ4n) is 3.30. The Morgan fingerprint density at radius 2 is 2.03 bits per heavy atom. The summed E-state index contributed by atoms with van der Waals surface area (Å²) in [5.41, 5.74) is 4.17. The van der Waals surface area contributed by atoms with Crippen molar-refractivity contribution in [2.24, 2.45) is 0 Å². The Hall–Kier alpha value is -2.76. The number of hydrogen-bond donors (Lipinski definition) is 1. The maximum atomic E-state index is 13.1. The predicted octanol–water partition coefficient (Wildman–Crippen LogP) is 5.21. The Morgan fingerprint density at radius 1 is 1.27 bits per heavy atom. The SMILES string of the molecule is CC(Sc1nc2c(cc1C#N)CCCC2)C(=O)Nc1nc(-c2ccc(F)cc2)cs1. The zero-order valence-corrected chi connectivity index (χ0v) is 17.9. The minimum Gasteiger partial charge on any atom is -0.301 e. The standard InChI is InChI=1S/C22H19FN4OS2/c1-13(30-21-16(11-24)10-15-4-2-3-5-18(15)25-21)20(28)27-22-26-19(12-29-22)14-6-8-17(23)9-7-14/h6-10,12-13H,2-5H2,1H3,(H,26,27,28). The van der Waals surface area contributed by atoms with Gasteiger partial charge in [-0.1, -0.05) is 11.8 Å². The lowest BCUT2D eigenvalue weighted by Crippen LogP contribution is -2.22. The third-order valence-electron chi connectivity index (χ3n) is 4.92. The monoisotopic (exact) mass is 438 g/mol. The molecule has 30 heavy (non-hydrogen) atoms. The van der Waals surface area contributed by atoms with Gasteiger partial charge in [-0.15, -0.1) is 11.3 Å². The Bertz CT molecular complexity index is 1120. The smallest absolute Gasteiger partial charge is 0.239 e. The van der Waals surface area contributed by atoms with Crippen molar-refractivity contribution in [3.63, 3.8) is 0 Å². The zero-order chi connectivity index (χ0) is 21.1. The summed E-state index contributed by atoms with van der Waals surface area (Å²) in [5, 5.41) is 14.8. The molecule has 0 saturated carbocycles. The second-order valence-electron chi connectivity index (χ2n) is 7.06. The van der Waals surface area contributed by atoms with Crippen LogP contribution in [0.5, 0.6) is 0 Å². The fraction of sp³-hybridized carbons (Fsp3) is 0.273. The van der Waals surface area contributed by atoms with Crippen molar-refractivity contribution in [2.45, 2.75) is 42.9 Å². The van der Waals surface area contributed by atoms with Crippen LogP contribution >= 0.6 is 23.1 Å². The molecular weight excluding hydrogens is 419 g/mol. The Balaban J connectivity index is 1.45. The van der Waals surface area contributed by atoms with Crippen LogP contribution in [0, 0.1) is 17.1 Å². The molecule has 4 rings (SSSR count). The number of pyridine rings is 1. The third kappa shape index (κ3) is 4.53. The lowest BCUT2D eigenvalue weighted by atomic mass is 9.95. The van der Waals surface area contributed by atoms with Crippen molar-refractivity contribution in [3.8, 4) is 17.3 Å². The van der Waals surface area contributed by atoms with Gasteiger partial charge >= 0.3 is 0 Å². The Labute approximate surface area is 182 Å². The van der Waals surface area contributed by atoms with Crippen molar-refractivity contribution in [1.82, 2.24) is 9.97 Å². The summed E-state index contributed by atoms with van der Waals surface area (Å²) in [6.07, 6.45) is 4.10. The van der Waals surface area contributed by atoms with Crippen LogP contribution in [0.2, 0.25) is 0 Å². The first kappa shape index (κ1) is 20.5. The molecule has 0 bridgehead atoms. The maximum Gasteiger partial charge on any atom is 0.239 e. The first-order chi connectivity index (χ1) is 14.5. The zero-order valence-electron chi connectivity index (χ0n) is 16.3. The molecule has 3 aromatic rings. The van der Waals surface area contributed by atoms with Crippen molar-refractivity contribution in [2.75, 3.05) is 5.32 Å². The van der Waals surface area contributed by atoms with Crippen molar-refractivity contribution >= 4 is 34.1 Å². The molecule has 0 aliphatic heterocycles. The fourth-order valence-corrected chi connectivity index (χ4v) is 4.91. The molecule has 1 unspecified atom stereocenters. The van der Waals surface area contributed by atoms with Crippen molar-refractivity contribution < 1.29 is 9.18 Å². The number of aromatic nitrogens is 2. The van der Waals surface area contributed by atoms with Crippen LogP contribution in [0.4, 0.5) is 9.52 Å². The summed E-state index contributed by atoms with van der Waals surface area (Å²) in [6, 6.07) is 10.2. The highest BCUT2D eigenvalue weighted by Crippen LogP contribution is 2.31. The van der Waals surface area contributed by atoms with E-state index in [2.05, 4.69) is 21.4 Å². The van der Waals surface area contributed by atoms with Gasteiger partial charge in [0.25, 0.3) is 0 Å². The van der Waals surface area contributed by atoms with Gasteiger partial charge in [0.2, 0.25) is 5.91 Å². The molecule has 0 spiro atoms. The largest absolute Gasteiger partial charge is 0.301 e.